The number of piperidine rings is 1. The molecule has 10 heteroatoms. The number of benzene rings is 2. The van der Waals surface area contributed by atoms with Crippen LogP contribution in [-0.4, -0.2) is 82.5 Å². The number of nitrogens with zero attached hydrogens (tertiary/aromatic N) is 2. The van der Waals surface area contributed by atoms with Gasteiger partial charge in [0.2, 0.25) is 17.6 Å². The van der Waals surface area contributed by atoms with Crippen LogP contribution >= 0.6 is 0 Å². The third-order valence-electron chi connectivity index (χ3n) is 11.4. The van der Waals surface area contributed by atoms with Crippen molar-refractivity contribution < 1.29 is 24.0 Å². The number of hydrogen-bond donors (Lipinski definition) is 3. The van der Waals surface area contributed by atoms with Crippen LogP contribution in [0.25, 0.3) is 10.8 Å². The maximum atomic E-state index is 14.7. The summed E-state index contributed by atoms with van der Waals surface area (Å²) < 4.78 is 0. The molecule has 4 amide bonds. The van der Waals surface area contributed by atoms with Gasteiger partial charge in [0.25, 0.3) is 11.8 Å². The monoisotopic (exact) mass is 657 g/mol. The number of likely N-dealkylation sites (tertiary alicyclic amines) is 2. The molecule has 2 heterocycles. The van der Waals surface area contributed by atoms with Gasteiger partial charge in [-0.1, -0.05) is 88.1 Å². The summed E-state index contributed by atoms with van der Waals surface area (Å²) in [4.78, 5) is 72.1. The van der Waals surface area contributed by atoms with Crippen LogP contribution in [0.4, 0.5) is 0 Å². The minimum atomic E-state index is -1.34. The van der Waals surface area contributed by atoms with Crippen LogP contribution in [-0.2, 0) is 19.2 Å². The van der Waals surface area contributed by atoms with E-state index in [1.165, 1.54) is 6.42 Å². The van der Waals surface area contributed by atoms with Crippen LogP contribution in [0.3, 0.4) is 0 Å². The molecule has 6 rings (SSSR count). The van der Waals surface area contributed by atoms with Crippen molar-refractivity contribution in [2.45, 2.75) is 120 Å². The van der Waals surface area contributed by atoms with Crippen LogP contribution < -0.4 is 16.4 Å². The van der Waals surface area contributed by atoms with Crippen LogP contribution in [0.1, 0.15) is 107 Å². The largest absolute Gasteiger partial charge is 0.363 e. The number of nitrogens with one attached hydrogen (secondary N) is 2. The van der Waals surface area contributed by atoms with E-state index in [-0.39, 0.29) is 17.9 Å². The minimum absolute atomic E-state index is 0.00864. The van der Waals surface area contributed by atoms with Gasteiger partial charge in [-0.05, 0) is 80.4 Å². The smallest absolute Gasteiger partial charge is 0.287 e. The van der Waals surface area contributed by atoms with Crippen LogP contribution in [0.15, 0.2) is 42.5 Å². The predicted molar refractivity (Wildman–Crippen MR) is 184 cm³/mol. The summed E-state index contributed by atoms with van der Waals surface area (Å²) in [7, 11) is 0. The molecular weight excluding hydrogens is 606 g/mol. The second-order valence-electron chi connectivity index (χ2n) is 14.6. The summed E-state index contributed by atoms with van der Waals surface area (Å²) in [6.07, 6.45) is 12.7. The van der Waals surface area contributed by atoms with Crippen molar-refractivity contribution in [3.05, 3.63) is 48.0 Å². The highest BCUT2D eigenvalue weighted by Gasteiger charge is 2.49. The number of nitrogens with two attached hydrogens (primary N) is 1. The van der Waals surface area contributed by atoms with Gasteiger partial charge in [-0.15, -0.1) is 0 Å². The number of rotatable bonds is 10. The number of carbonyl (C=O) groups excluding carboxylic acids is 5. The Kier molecular flexibility index (Phi) is 10.8. The van der Waals surface area contributed by atoms with Gasteiger partial charge in [-0.3, -0.25) is 28.9 Å². The van der Waals surface area contributed by atoms with Gasteiger partial charge >= 0.3 is 0 Å². The lowest BCUT2D eigenvalue weighted by atomic mass is 9.78. The normalized spacial score (nSPS) is 24.1. The zero-order valence-corrected chi connectivity index (χ0v) is 28.1. The molecule has 0 spiro atoms. The Morgan fingerprint density at radius 1 is 0.833 bits per heavy atom. The zero-order valence-electron chi connectivity index (χ0n) is 28.1. The number of primary amides is 1. The Hall–Kier alpha value is -3.79. The average molecular weight is 658 g/mol. The van der Waals surface area contributed by atoms with E-state index in [4.69, 9.17) is 5.73 Å². The Morgan fingerprint density at radius 2 is 1.50 bits per heavy atom. The molecule has 0 aromatic heterocycles. The first-order chi connectivity index (χ1) is 23.2. The zero-order chi connectivity index (χ0) is 33.7. The summed E-state index contributed by atoms with van der Waals surface area (Å²) in [6.45, 7) is 2.20. The first-order valence-electron chi connectivity index (χ1n) is 18.2. The fourth-order valence-electron chi connectivity index (χ4n) is 8.72. The first kappa shape index (κ1) is 34.1. The fourth-order valence-corrected chi connectivity index (χ4v) is 8.72. The van der Waals surface area contributed by atoms with Crippen LogP contribution in [0, 0.1) is 5.92 Å². The number of amides is 4. The second-order valence-corrected chi connectivity index (χ2v) is 14.6. The molecular formula is C38H51N5O5. The molecule has 2 saturated heterocycles. The van der Waals surface area contributed by atoms with E-state index >= 15 is 0 Å². The highest BCUT2D eigenvalue weighted by molar-refractivity contribution is 6.39. The van der Waals surface area contributed by atoms with Gasteiger partial charge in [0.05, 0.1) is 0 Å². The molecule has 2 aromatic rings. The van der Waals surface area contributed by atoms with Gasteiger partial charge in [-0.25, -0.2) is 0 Å². The molecule has 0 bridgehead atoms. The van der Waals surface area contributed by atoms with Gasteiger partial charge in [0, 0.05) is 18.2 Å². The minimum Gasteiger partial charge on any atom is -0.363 e. The van der Waals surface area contributed by atoms with Crippen molar-refractivity contribution in [1.82, 2.24) is 20.4 Å². The maximum absolute atomic E-state index is 14.7. The molecule has 258 valence electrons. The molecule has 2 aromatic carbocycles. The van der Waals surface area contributed by atoms with Crippen molar-refractivity contribution >= 4 is 40.2 Å². The predicted octanol–water partition coefficient (Wildman–Crippen LogP) is 4.24. The Labute approximate surface area is 283 Å². The molecule has 4 N–H and O–H groups in total. The van der Waals surface area contributed by atoms with Crippen molar-refractivity contribution in [3.8, 4) is 0 Å². The third-order valence-corrected chi connectivity index (χ3v) is 11.4. The van der Waals surface area contributed by atoms with Gasteiger partial charge in [0.1, 0.15) is 17.6 Å². The van der Waals surface area contributed by atoms with Crippen molar-refractivity contribution in [3.63, 3.8) is 0 Å². The van der Waals surface area contributed by atoms with Crippen molar-refractivity contribution in [2.24, 2.45) is 11.7 Å². The molecule has 0 unspecified atom stereocenters. The summed E-state index contributed by atoms with van der Waals surface area (Å²) in [5.41, 5.74) is 4.62. The van der Waals surface area contributed by atoms with Crippen LogP contribution in [0.5, 0.6) is 0 Å². The molecule has 3 atom stereocenters. The van der Waals surface area contributed by atoms with Crippen LogP contribution in [0.2, 0.25) is 0 Å². The second kappa shape index (κ2) is 15.2. The summed E-state index contributed by atoms with van der Waals surface area (Å²) in [6, 6.07) is 11.8. The topological polar surface area (TPSA) is 142 Å². The van der Waals surface area contributed by atoms with E-state index in [2.05, 4.69) is 15.5 Å². The lowest BCUT2D eigenvalue weighted by Gasteiger charge is -2.38. The SMILES string of the molecule is NC(=O)C(=O)C1(NC(=O)[C@@H]2C[C@@H](N3CCCCC3)CN2C(=O)[C@@H](CC2CCCCC2)NC(=O)c2ccc3ccccc3c2)CCCCC1. The quantitative estimate of drug-likeness (QED) is 0.327. The van der Waals surface area contributed by atoms with Gasteiger partial charge < -0.3 is 21.3 Å². The fraction of sp³-hybridized carbons (Fsp3) is 0.605. The van der Waals surface area contributed by atoms with E-state index in [9.17, 15) is 24.0 Å². The Morgan fingerprint density at radius 3 is 2.21 bits per heavy atom. The summed E-state index contributed by atoms with van der Waals surface area (Å²) in [5.74, 6) is -2.50. The molecule has 2 aliphatic heterocycles. The molecule has 4 fully saturated rings. The molecule has 0 radical (unpaired) electrons. The average Bonchev–Trinajstić information content (AvgIpc) is 3.57. The number of Topliss-reactive ketones (excluding diaryl/α,β-unsaturated/α-hetero) is 1. The van der Waals surface area contributed by atoms with Crippen molar-refractivity contribution in [1.29, 1.82) is 0 Å². The molecule has 48 heavy (non-hydrogen) atoms. The number of fused-ring (bicyclic) bond motifs is 1. The number of ketones is 1. The van der Waals surface area contributed by atoms with Crippen molar-refractivity contribution in [2.75, 3.05) is 19.6 Å². The number of hydrogen-bond acceptors (Lipinski definition) is 6. The highest BCUT2D eigenvalue weighted by atomic mass is 16.2. The lowest BCUT2D eigenvalue weighted by molar-refractivity contribution is -0.145. The van der Waals surface area contributed by atoms with E-state index in [1.54, 1.807) is 11.0 Å². The summed E-state index contributed by atoms with van der Waals surface area (Å²) >= 11 is 0. The van der Waals surface area contributed by atoms with E-state index in [0.717, 1.165) is 75.2 Å². The molecule has 10 nitrogen and oxygen atoms in total. The summed E-state index contributed by atoms with van der Waals surface area (Å²) in [5, 5.41) is 8.06. The Bertz CT molecular complexity index is 1510. The Balaban J connectivity index is 1.28. The van der Waals surface area contributed by atoms with E-state index < -0.39 is 35.2 Å². The highest BCUT2D eigenvalue weighted by Crippen LogP contribution is 2.33. The maximum Gasteiger partial charge on any atom is 0.287 e. The number of carbonyl (C=O) groups is 5. The van der Waals surface area contributed by atoms with E-state index in [0.29, 0.717) is 56.6 Å². The molecule has 4 aliphatic rings. The standard InChI is InChI=1S/C38H51N5O5/c39-34(45)33(44)38(18-8-2-9-19-38)41-36(47)32-24-30(42-20-10-3-11-21-42)25-43(32)37(48)31(22-26-12-4-1-5-13-26)40-35(46)29-17-16-27-14-6-7-15-28(27)23-29/h6-7,14-17,23,26,30-32H,1-5,8-13,18-22,24-25H2,(H2,39,45)(H,40,46)(H,41,47)/t30-,31-,32+/m1/s1. The third kappa shape index (κ3) is 7.59. The first-order valence-corrected chi connectivity index (χ1v) is 18.2. The molecule has 2 aliphatic carbocycles. The molecule has 2 saturated carbocycles. The van der Waals surface area contributed by atoms with Gasteiger partial charge in [0.15, 0.2) is 0 Å². The van der Waals surface area contributed by atoms with E-state index in [1.807, 2.05) is 36.4 Å². The van der Waals surface area contributed by atoms with Gasteiger partial charge in [-0.2, -0.15) is 0 Å². The lowest BCUT2D eigenvalue weighted by Crippen LogP contribution is -2.62.